The van der Waals surface area contributed by atoms with Crippen LogP contribution in [0.25, 0.3) is 10.9 Å². The molecule has 4 rings (SSSR count). The Labute approximate surface area is 188 Å². The van der Waals surface area contributed by atoms with E-state index in [1.165, 1.54) is 0 Å². The molecule has 2 heterocycles. The Morgan fingerprint density at radius 3 is 2.47 bits per heavy atom. The van der Waals surface area contributed by atoms with Crippen LogP contribution in [0.1, 0.15) is 38.3 Å². The summed E-state index contributed by atoms with van der Waals surface area (Å²) in [6.07, 6.45) is 2.53. The molecular weight excluding hydrogens is 402 g/mol. The van der Waals surface area contributed by atoms with E-state index in [0.29, 0.717) is 19.4 Å². The molecule has 1 aliphatic rings. The van der Waals surface area contributed by atoms with E-state index in [-0.39, 0.29) is 29.6 Å². The minimum Gasteiger partial charge on any atom is -0.508 e. The molecule has 2 aromatic carbocycles. The second kappa shape index (κ2) is 8.99. The first-order valence-electron chi connectivity index (χ1n) is 11.1. The summed E-state index contributed by atoms with van der Waals surface area (Å²) in [5.74, 6) is 0.101. The molecule has 2 amide bonds. The molecular formula is C26H29N3O3. The molecule has 166 valence electrons. The van der Waals surface area contributed by atoms with Gasteiger partial charge in [-0.15, -0.1) is 0 Å². The van der Waals surface area contributed by atoms with Gasteiger partial charge in [0.1, 0.15) is 11.8 Å². The summed E-state index contributed by atoms with van der Waals surface area (Å²) in [5, 5.41) is 10.7. The number of pyridine rings is 1. The molecule has 6 heteroatoms. The topological polar surface area (TPSA) is 73.7 Å². The number of hydrogen-bond donors (Lipinski definition) is 1. The number of phenolic OH excluding ortho intramolecular Hbond substituents is 1. The molecule has 1 aromatic heterocycles. The van der Waals surface area contributed by atoms with Gasteiger partial charge < -0.3 is 14.9 Å². The number of rotatable bonds is 5. The van der Waals surface area contributed by atoms with Crippen molar-refractivity contribution in [1.82, 2.24) is 14.8 Å². The first-order chi connectivity index (χ1) is 15.4. The molecule has 6 nitrogen and oxygen atoms in total. The molecule has 3 atom stereocenters. The van der Waals surface area contributed by atoms with Gasteiger partial charge >= 0.3 is 0 Å². The van der Waals surface area contributed by atoms with Crippen LogP contribution in [-0.4, -0.2) is 49.8 Å². The average molecular weight is 432 g/mol. The largest absolute Gasteiger partial charge is 0.508 e. The number of para-hydroxylation sites is 1. The molecule has 0 aliphatic carbocycles. The second-order valence-electron chi connectivity index (χ2n) is 8.48. The van der Waals surface area contributed by atoms with E-state index >= 15 is 0 Å². The molecule has 1 fully saturated rings. The van der Waals surface area contributed by atoms with Crippen molar-refractivity contribution in [1.29, 1.82) is 0 Å². The Bertz CT molecular complexity index is 1120. The van der Waals surface area contributed by atoms with E-state index in [9.17, 15) is 14.7 Å². The number of benzene rings is 2. The van der Waals surface area contributed by atoms with E-state index in [2.05, 4.69) is 4.98 Å². The number of fused-ring (bicyclic) bond motifs is 1. The number of carbonyl (C=O) groups excluding carboxylic acids is 2. The highest BCUT2D eigenvalue weighted by molar-refractivity contribution is 5.90. The Hall–Kier alpha value is -3.41. The molecule has 3 unspecified atom stereocenters. The Morgan fingerprint density at radius 2 is 1.75 bits per heavy atom. The van der Waals surface area contributed by atoms with E-state index in [1.807, 2.05) is 56.0 Å². The van der Waals surface area contributed by atoms with Crippen LogP contribution in [0.4, 0.5) is 0 Å². The summed E-state index contributed by atoms with van der Waals surface area (Å²) in [4.78, 5) is 34.8. The number of aromatic hydroxyl groups is 1. The van der Waals surface area contributed by atoms with Gasteiger partial charge in [0.2, 0.25) is 11.8 Å². The zero-order valence-electron chi connectivity index (χ0n) is 18.7. The van der Waals surface area contributed by atoms with Crippen molar-refractivity contribution >= 4 is 22.7 Å². The molecule has 32 heavy (non-hydrogen) atoms. The number of phenols is 1. The maximum absolute atomic E-state index is 13.8. The van der Waals surface area contributed by atoms with Gasteiger partial charge in [-0.25, -0.2) is 0 Å². The summed E-state index contributed by atoms with van der Waals surface area (Å²) in [6, 6.07) is 15.9. The maximum Gasteiger partial charge on any atom is 0.246 e. The average Bonchev–Trinajstić information content (AvgIpc) is 2.81. The van der Waals surface area contributed by atoms with Crippen molar-refractivity contribution in [2.75, 3.05) is 0 Å². The fourth-order valence-electron chi connectivity index (χ4n) is 4.61. The van der Waals surface area contributed by atoms with Crippen LogP contribution >= 0.6 is 0 Å². The van der Waals surface area contributed by atoms with Gasteiger partial charge in [0.15, 0.2) is 0 Å². The molecule has 1 N–H and O–H groups in total. The molecule has 0 spiro atoms. The number of piperazine rings is 1. The third kappa shape index (κ3) is 4.05. The lowest BCUT2D eigenvalue weighted by molar-refractivity contribution is -0.160. The lowest BCUT2D eigenvalue weighted by Crippen LogP contribution is -2.66. The van der Waals surface area contributed by atoms with Crippen LogP contribution in [0.5, 0.6) is 5.75 Å². The number of hydrogen-bond acceptors (Lipinski definition) is 4. The summed E-state index contributed by atoms with van der Waals surface area (Å²) in [7, 11) is 0. The predicted octanol–water partition coefficient (Wildman–Crippen LogP) is 3.91. The SMILES string of the molecule is CCC(=O)N1C(Cc2ccc(O)cc2)C(=O)N(Cc2cccc3cccnc23)C(C)C1C. The van der Waals surface area contributed by atoms with Crippen LogP contribution in [0.2, 0.25) is 0 Å². The molecule has 0 radical (unpaired) electrons. The van der Waals surface area contributed by atoms with Crippen LogP contribution < -0.4 is 0 Å². The quantitative estimate of drug-likeness (QED) is 0.665. The van der Waals surface area contributed by atoms with Crippen LogP contribution in [0.15, 0.2) is 60.8 Å². The van der Waals surface area contributed by atoms with Crippen LogP contribution in [0, 0.1) is 0 Å². The second-order valence-corrected chi connectivity index (χ2v) is 8.48. The van der Waals surface area contributed by atoms with Gasteiger partial charge in [-0.05, 0) is 43.2 Å². The fraction of sp³-hybridized carbons (Fsp3) is 0.346. The van der Waals surface area contributed by atoms with E-state index < -0.39 is 6.04 Å². The zero-order valence-corrected chi connectivity index (χ0v) is 18.7. The highest BCUT2D eigenvalue weighted by Crippen LogP contribution is 2.29. The number of aromatic nitrogens is 1. The first kappa shape index (κ1) is 21.8. The summed E-state index contributed by atoms with van der Waals surface area (Å²) >= 11 is 0. The normalized spacial score (nSPS) is 21.2. The van der Waals surface area contributed by atoms with Gasteiger partial charge in [0, 0.05) is 43.1 Å². The van der Waals surface area contributed by atoms with Crippen molar-refractivity contribution < 1.29 is 14.7 Å². The molecule has 1 saturated heterocycles. The van der Waals surface area contributed by atoms with Gasteiger partial charge in [0.05, 0.1) is 5.52 Å². The van der Waals surface area contributed by atoms with E-state index in [0.717, 1.165) is 22.0 Å². The Kier molecular flexibility index (Phi) is 6.12. The molecule has 0 bridgehead atoms. The van der Waals surface area contributed by atoms with Gasteiger partial charge in [-0.1, -0.05) is 43.3 Å². The zero-order chi connectivity index (χ0) is 22.8. The monoisotopic (exact) mass is 431 g/mol. The van der Waals surface area contributed by atoms with Crippen molar-refractivity contribution in [2.45, 2.75) is 58.3 Å². The van der Waals surface area contributed by atoms with Crippen LogP contribution in [-0.2, 0) is 22.6 Å². The molecule has 0 saturated carbocycles. The molecule has 1 aliphatic heterocycles. The summed E-state index contributed by atoms with van der Waals surface area (Å²) in [6.45, 7) is 6.30. The Balaban J connectivity index is 1.69. The lowest BCUT2D eigenvalue weighted by Gasteiger charge is -2.49. The standard InChI is InChI=1S/C26H29N3O3/c1-4-24(31)29-18(3)17(2)28(16-21-8-5-7-20-9-6-14-27-25(20)21)26(32)23(29)15-19-10-12-22(30)13-11-19/h5-14,17-18,23,30H,4,15-16H2,1-3H3. The minimum absolute atomic E-state index is 0.0204. The smallest absolute Gasteiger partial charge is 0.246 e. The lowest BCUT2D eigenvalue weighted by atomic mass is 9.93. The third-order valence-electron chi connectivity index (χ3n) is 6.55. The number of amides is 2. The van der Waals surface area contributed by atoms with Gasteiger partial charge in [0.25, 0.3) is 0 Å². The van der Waals surface area contributed by atoms with Crippen LogP contribution in [0.3, 0.4) is 0 Å². The van der Waals surface area contributed by atoms with Crippen molar-refractivity contribution in [3.63, 3.8) is 0 Å². The van der Waals surface area contributed by atoms with E-state index in [4.69, 9.17) is 0 Å². The summed E-state index contributed by atoms with van der Waals surface area (Å²) < 4.78 is 0. The summed E-state index contributed by atoms with van der Waals surface area (Å²) in [5.41, 5.74) is 2.79. The molecule has 3 aromatic rings. The number of carbonyl (C=O) groups is 2. The van der Waals surface area contributed by atoms with Crippen molar-refractivity contribution in [3.8, 4) is 5.75 Å². The Morgan fingerprint density at radius 1 is 1.03 bits per heavy atom. The highest BCUT2D eigenvalue weighted by Gasteiger charge is 2.44. The predicted molar refractivity (Wildman–Crippen MR) is 124 cm³/mol. The van der Waals surface area contributed by atoms with Gasteiger partial charge in [-0.2, -0.15) is 0 Å². The van der Waals surface area contributed by atoms with Crippen molar-refractivity contribution in [3.05, 3.63) is 71.9 Å². The third-order valence-corrected chi connectivity index (χ3v) is 6.55. The highest BCUT2D eigenvalue weighted by atomic mass is 16.3. The van der Waals surface area contributed by atoms with E-state index in [1.54, 1.807) is 35.4 Å². The van der Waals surface area contributed by atoms with Gasteiger partial charge in [-0.3, -0.25) is 14.6 Å². The van der Waals surface area contributed by atoms with Crippen molar-refractivity contribution in [2.24, 2.45) is 0 Å². The first-order valence-corrected chi connectivity index (χ1v) is 11.1. The minimum atomic E-state index is -0.582. The fourth-order valence-corrected chi connectivity index (χ4v) is 4.61. The maximum atomic E-state index is 13.8. The number of nitrogens with zero attached hydrogens (tertiary/aromatic N) is 3.